The van der Waals surface area contributed by atoms with E-state index in [1.54, 1.807) is 0 Å². The van der Waals surface area contributed by atoms with Crippen LogP contribution in [0.4, 0.5) is 8.78 Å². The molecule has 2 aromatic rings. The summed E-state index contributed by atoms with van der Waals surface area (Å²) in [5.41, 5.74) is 4.99. The molecule has 0 aliphatic carbocycles. The van der Waals surface area contributed by atoms with Crippen LogP contribution in [0.15, 0.2) is 41.5 Å². The molecule has 27 heavy (non-hydrogen) atoms. The van der Waals surface area contributed by atoms with Gasteiger partial charge in [-0.15, -0.1) is 0 Å². The number of aromatic nitrogens is 1. The molecule has 8 heteroatoms. The van der Waals surface area contributed by atoms with Gasteiger partial charge < -0.3 is 10.5 Å². The number of rotatable bonds is 4. The fraction of sp³-hybridized carbons (Fsp3) is 0.263. The number of ketones is 1. The first-order valence-electron chi connectivity index (χ1n) is 8.14. The average molecular weight is 370 g/mol. The van der Waals surface area contributed by atoms with Crippen molar-refractivity contribution in [3.63, 3.8) is 0 Å². The van der Waals surface area contributed by atoms with E-state index in [9.17, 15) is 13.6 Å². The maximum absolute atomic E-state index is 14.4. The molecule has 0 fully saturated rings. The largest absolute Gasteiger partial charge is 0.462 e. The van der Waals surface area contributed by atoms with Gasteiger partial charge in [0.05, 0.1) is 5.56 Å². The highest BCUT2D eigenvalue weighted by Gasteiger charge is 2.42. The minimum Gasteiger partial charge on any atom is -0.462 e. The van der Waals surface area contributed by atoms with Gasteiger partial charge in [0.1, 0.15) is 29.7 Å². The first-order chi connectivity index (χ1) is 12.8. The number of pyridine rings is 1. The Morgan fingerprint density at radius 3 is 2.89 bits per heavy atom. The van der Waals surface area contributed by atoms with E-state index in [1.807, 2.05) is 6.07 Å². The Hall–Kier alpha value is -3.34. The monoisotopic (exact) mass is 370 g/mol. The summed E-state index contributed by atoms with van der Waals surface area (Å²) in [6.07, 6.45) is -0.350. The van der Waals surface area contributed by atoms with Crippen LogP contribution in [0.1, 0.15) is 34.1 Å². The second-order valence-corrected chi connectivity index (χ2v) is 6.33. The molecule has 0 amide bonds. The molecule has 1 aliphatic rings. The van der Waals surface area contributed by atoms with Crippen LogP contribution in [0.25, 0.3) is 0 Å². The summed E-state index contributed by atoms with van der Waals surface area (Å²) in [5, 5.41) is 8.78. The van der Waals surface area contributed by atoms with Gasteiger partial charge in [-0.25, -0.2) is 13.8 Å². The fourth-order valence-electron chi connectivity index (χ4n) is 2.85. The number of nitriles is 1. The Kier molecular flexibility index (Phi) is 4.86. The lowest BCUT2D eigenvalue weighted by Crippen LogP contribution is -2.43. The van der Waals surface area contributed by atoms with Crippen molar-refractivity contribution in [1.29, 1.82) is 5.26 Å². The molecule has 0 saturated carbocycles. The summed E-state index contributed by atoms with van der Waals surface area (Å²) in [4.78, 5) is 20.3. The number of Topliss-reactive ketones (excluding diaryl/α,β-unsaturated/α-hetero) is 1. The third kappa shape index (κ3) is 3.62. The number of alkyl halides is 1. The van der Waals surface area contributed by atoms with Gasteiger partial charge >= 0.3 is 0 Å². The number of halogens is 2. The topological polar surface area (TPSA) is 101 Å². The van der Waals surface area contributed by atoms with Gasteiger partial charge in [0.25, 0.3) is 6.02 Å². The first kappa shape index (κ1) is 18.5. The molecule has 3 rings (SSSR count). The molecule has 0 spiro atoms. The van der Waals surface area contributed by atoms with Crippen LogP contribution >= 0.6 is 0 Å². The van der Waals surface area contributed by atoms with E-state index >= 15 is 0 Å². The lowest BCUT2D eigenvalue weighted by atomic mass is 9.85. The SMILES string of the molecule is C[C@]1(c2cc(CC(=O)c3ccc(C#N)cn3)ccc2F)N=C(N)OC[C@@H]1F. The number of benzene rings is 1. The van der Waals surface area contributed by atoms with Crippen molar-refractivity contribution in [3.05, 3.63) is 64.7 Å². The molecule has 0 radical (unpaired) electrons. The third-order valence-corrected chi connectivity index (χ3v) is 4.45. The molecule has 138 valence electrons. The van der Waals surface area contributed by atoms with E-state index in [4.69, 9.17) is 15.7 Å². The fourth-order valence-corrected chi connectivity index (χ4v) is 2.85. The molecule has 1 aromatic heterocycles. The zero-order valence-corrected chi connectivity index (χ0v) is 14.4. The molecule has 0 saturated heterocycles. The van der Waals surface area contributed by atoms with Gasteiger partial charge in [0.15, 0.2) is 12.0 Å². The van der Waals surface area contributed by atoms with Gasteiger partial charge in [-0.1, -0.05) is 6.07 Å². The van der Waals surface area contributed by atoms with Crippen molar-refractivity contribution in [3.8, 4) is 6.07 Å². The molecule has 0 unspecified atom stereocenters. The zero-order chi connectivity index (χ0) is 19.6. The number of carbonyl (C=O) groups excluding carboxylic acids is 1. The average Bonchev–Trinajstić information content (AvgIpc) is 2.66. The lowest BCUT2D eigenvalue weighted by molar-refractivity contribution is 0.0921. The molecular weight excluding hydrogens is 354 g/mol. The number of nitrogens with two attached hydrogens (primary N) is 1. The Balaban J connectivity index is 1.90. The summed E-state index contributed by atoms with van der Waals surface area (Å²) in [6.45, 7) is 1.10. The standard InChI is InChI=1S/C19H16F2N4O2/c1-19(17(21)10-27-18(23)25-19)13-6-11(2-4-14(13)20)7-16(26)15-5-3-12(8-22)9-24-15/h2-6,9,17H,7,10H2,1H3,(H2,23,25)/t17-,19+/m0/s1. The predicted octanol–water partition coefficient (Wildman–Crippen LogP) is 2.42. The molecule has 1 aromatic carbocycles. The van der Waals surface area contributed by atoms with Crippen molar-refractivity contribution in [2.75, 3.05) is 6.61 Å². The molecular formula is C19H16F2N4O2. The van der Waals surface area contributed by atoms with Crippen LogP contribution in [0.3, 0.4) is 0 Å². The van der Waals surface area contributed by atoms with Crippen LogP contribution in [0.5, 0.6) is 0 Å². The van der Waals surface area contributed by atoms with Crippen LogP contribution in [-0.2, 0) is 16.7 Å². The van der Waals surface area contributed by atoms with Crippen molar-refractivity contribution >= 4 is 11.8 Å². The lowest BCUT2D eigenvalue weighted by Gasteiger charge is -2.33. The summed E-state index contributed by atoms with van der Waals surface area (Å²) in [5.74, 6) is -0.958. The summed E-state index contributed by atoms with van der Waals surface area (Å²) in [7, 11) is 0. The highest BCUT2D eigenvalue weighted by atomic mass is 19.1. The third-order valence-electron chi connectivity index (χ3n) is 4.45. The van der Waals surface area contributed by atoms with Crippen LogP contribution < -0.4 is 5.73 Å². The maximum Gasteiger partial charge on any atom is 0.283 e. The Morgan fingerprint density at radius 1 is 1.44 bits per heavy atom. The number of hydrogen-bond acceptors (Lipinski definition) is 6. The minimum atomic E-state index is -1.59. The molecule has 1 aliphatic heterocycles. The first-order valence-corrected chi connectivity index (χ1v) is 8.14. The highest BCUT2D eigenvalue weighted by Crippen LogP contribution is 2.36. The Bertz CT molecular complexity index is 953. The van der Waals surface area contributed by atoms with E-state index < -0.39 is 17.5 Å². The normalized spacial score (nSPS) is 21.7. The summed E-state index contributed by atoms with van der Waals surface area (Å²) in [6, 6.07) is 8.68. The van der Waals surface area contributed by atoms with E-state index in [-0.39, 0.29) is 36.1 Å². The highest BCUT2D eigenvalue weighted by molar-refractivity contribution is 5.95. The molecule has 2 heterocycles. The smallest absolute Gasteiger partial charge is 0.283 e. The molecule has 2 N–H and O–H groups in total. The predicted molar refractivity (Wildman–Crippen MR) is 93.2 cm³/mol. The van der Waals surface area contributed by atoms with Gasteiger partial charge in [0, 0.05) is 18.2 Å². The zero-order valence-electron chi connectivity index (χ0n) is 14.4. The molecule has 0 bridgehead atoms. The Morgan fingerprint density at radius 2 is 2.22 bits per heavy atom. The minimum absolute atomic E-state index is 0.000613. The van der Waals surface area contributed by atoms with Crippen LogP contribution in [-0.4, -0.2) is 29.6 Å². The molecule has 2 atom stereocenters. The number of carbonyl (C=O) groups is 1. The molecule has 6 nitrogen and oxygen atoms in total. The quantitative estimate of drug-likeness (QED) is 0.833. The Labute approximate surface area is 154 Å². The number of ether oxygens (including phenoxy) is 1. The number of aliphatic imine (C=N–C) groups is 1. The second-order valence-electron chi connectivity index (χ2n) is 6.33. The number of nitrogens with zero attached hydrogens (tertiary/aromatic N) is 3. The summed E-state index contributed by atoms with van der Waals surface area (Å²) < 4.78 is 33.7. The van der Waals surface area contributed by atoms with Gasteiger partial charge in [-0.05, 0) is 36.8 Å². The second kappa shape index (κ2) is 7.11. The van der Waals surface area contributed by atoms with Crippen LogP contribution in [0, 0.1) is 17.1 Å². The van der Waals surface area contributed by atoms with Crippen LogP contribution in [0.2, 0.25) is 0 Å². The van der Waals surface area contributed by atoms with Crippen molar-refractivity contribution in [2.24, 2.45) is 10.7 Å². The van der Waals surface area contributed by atoms with E-state index in [1.165, 1.54) is 43.5 Å². The van der Waals surface area contributed by atoms with Gasteiger partial charge in [-0.3, -0.25) is 9.78 Å². The van der Waals surface area contributed by atoms with Gasteiger partial charge in [0.2, 0.25) is 0 Å². The van der Waals surface area contributed by atoms with Crippen molar-refractivity contribution < 1.29 is 18.3 Å². The maximum atomic E-state index is 14.4. The van der Waals surface area contributed by atoms with E-state index in [0.717, 1.165) is 0 Å². The number of hydrogen-bond donors (Lipinski definition) is 1. The summed E-state index contributed by atoms with van der Waals surface area (Å²) >= 11 is 0. The number of amidine groups is 1. The van der Waals surface area contributed by atoms with Crippen molar-refractivity contribution in [1.82, 2.24) is 4.98 Å². The van der Waals surface area contributed by atoms with E-state index in [2.05, 4.69) is 9.98 Å². The van der Waals surface area contributed by atoms with E-state index in [0.29, 0.717) is 11.1 Å². The van der Waals surface area contributed by atoms with Crippen molar-refractivity contribution in [2.45, 2.75) is 25.1 Å². The van der Waals surface area contributed by atoms with Gasteiger partial charge in [-0.2, -0.15) is 5.26 Å².